The summed E-state index contributed by atoms with van der Waals surface area (Å²) in [6.07, 6.45) is -0.188. The van der Waals surface area contributed by atoms with E-state index in [2.05, 4.69) is 6.92 Å². The van der Waals surface area contributed by atoms with E-state index in [1.807, 2.05) is 37.3 Å². The SMILES string of the molecule is COCc1cc(Cl)cc(C(OC)c2ccc(Cl)cc2C)c1C. The normalized spacial score (nSPS) is 12.5. The number of aryl methyl sites for hydroxylation is 1. The van der Waals surface area contributed by atoms with Crippen molar-refractivity contribution in [2.45, 2.75) is 26.6 Å². The Balaban J connectivity index is 2.56. The van der Waals surface area contributed by atoms with Crippen molar-refractivity contribution in [3.8, 4) is 0 Å². The van der Waals surface area contributed by atoms with E-state index in [1.54, 1.807) is 14.2 Å². The van der Waals surface area contributed by atoms with Crippen LogP contribution in [0.2, 0.25) is 10.0 Å². The minimum atomic E-state index is -0.188. The Kier molecular flexibility index (Phi) is 5.87. The maximum Gasteiger partial charge on any atom is 0.108 e. The van der Waals surface area contributed by atoms with Crippen molar-refractivity contribution in [3.05, 3.63) is 68.2 Å². The van der Waals surface area contributed by atoms with Gasteiger partial charge in [0.2, 0.25) is 0 Å². The highest BCUT2D eigenvalue weighted by Crippen LogP contribution is 2.34. The lowest BCUT2D eigenvalue weighted by Crippen LogP contribution is -2.09. The number of halogens is 2. The topological polar surface area (TPSA) is 18.5 Å². The van der Waals surface area contributed by atoms with Gasteiger partial charge in [-0.05, 0) is 65.9 Å². The molecule has 2 aromatic carbocycles. The molecule has 0 bridgehead atoms. The predicted octanol–water partition coefficient (Wildman–Crippen LogP) is 5.49. The fraction of sp³-hybridized carbons (Fsp3) is 0.333. The van der Waals surface area contributed by atoms with Gasteiger partial charge in [-0.25, -0.2) is 0 Å². The Labute approximate surface area is 142 Å². The molecule has 0 radical (unpaired) electrons. The third-order valence-corrected chi connectivity index (χ3v) is 4.31. The molecule has 22 heavy (non-hydrogen) atoms. The predicted molar refractivity (Wildman–Crippen MR) is 91.9 cm³/mol. The monoisotopic (exact) mass is 338 g/mol. The van der Waals surface area contributed by atoms with Crippen molar-refractivity contribution in [3.63, 3.8) is 0 Å². The number of ether oxygens (including phenoxy) is 2. The fourth-order valence-electron chi connectivity index (χ4n) is 2.69. The molecule has 2 aromatic rings. The summed E-state index contributed by atoms with van der Waals surface area (Å²) in [6.45, 7) is 4.62. The van der Waals surface area contributed by atoms with Crippen LogP contribution in [0.1, 0.15) is 33.9 Å². The second-order valence-electron chi connectivity index (χ2n) is 5.33. The minimum absolute atomic E-state index is 0.188. The second-order valence-corrected chi connectivity index (χ2v) is 6.20. The number of hydrogen-bond donors (Lipinski definition) is 0. The van der Waals surface area contributed by atoms with E-state index in [0.29, 0.717) is 11.6 Å². The van der Waals surface area contributed by atoms with Crippen molar-refractivity contribution in [1.82, 2.24) is 0 Å². The van der Waals surface area contributed by atoms with Crippen LogP contribution >= 0.6 is 23.2 Å². The standard InChI is InChI=1S/C18H20Cl2O2/c1-11-7-14(19)5-6-16(11)18(22-4)17-9-15(20)8-13(10-21-3)12(17)2/h5-9,18H,10H2,1-4H3. The van der Waals surface area contributed by atoms with Crippen molar-refractivity contribution in [2.24, 2.45) is 0 Å². The molecule has 1 unspecified atom stereocenters. The molecule has 118 valence electrons. The summed E-state index contributed by atoms with van der Waals surface area (Å²) in [5, 5.41) is 1.40. The molecule has 0 fully saturated rings. The van der Waals surface area contributed by atoms with Crippen LogP contribution < -0.4 is 0 Å². The van der Waals surface area contributed by atoms with Crippen LogP contribution in [0.4, 0.5) is 0 Å². The Morgan fingerprint density at radius 2 is 1.68 bits per heavy atom. The summed E-state index contributed by atoms with van der Waals surface area (Å²) in [7, 11) is 3.38. The third-order valence-electron chi connectivity index (χ3n) is 3.85. The average Bonchev–Trinajstić information content (AvgIpc) is 2.46. The zero-order valence-electron chi connectivity index (χ0n) is 13.2. The largest absolute Gasteiger partial charge is 0.380 e. The summed E-state index contributed by atoms with van der Waals surface area (Å²) in [5.74, 6) is 0. The number of hydrogen-bond acceptors (Lipinski definition) is 2. The van der Waals surface area contributed by atoms with Crippen molar-refractivity contribution < 1.29 is 9.47 Å². The van der Waals surface area contributed by atoms with Crippen molar-refractivity contribution in [2.75, 3.05) is 14.2 Å². The van der Waals surface area contributed by atoms with E-state index in [0.717, 1.165) is 32.8 Å². The molecular formula is C18H20Cl2O2. The van der Waals surface area contributed by atoms with Gasteiger partial charge in [0.15, 0.2) is 0 Å². The number of methoxy groups -OCH3 is 2. The van der Waals surface area contributed by atoms with Crippen LogP contribution in [0.5, 0.6) is 0 Å². The van der Waals surface area contributed by atoms with Gasteiger partial charge in [-0.15, -0.1) is 0 Å². The molecule has 2 rings (SSSR count). The Morgan fingerprint density at radius 1 is 0.955 bits per heavy atom. The first-order valence-electron chi connectivity index (χ1n) is 7.04. The zero-order valence-corrected chi connectivity index (χ0v) is 14.8. The summed E-state index contributed by atoms with van der Waals surface area (Å²) in [6, 6.07) is 9.72. The third kappa shape index (κ3) is 3.64. The molecule has 0 saturated heterocycles. The fourth-order valence-corrected chi connectivity index (χ4v) is 3.17. The quantitative estimate of drug-likeness (QED) is 0.717. The Hall–Kier alpha value is -1.06. The lowest BCUT2D eigenvalue weighted by Gasteiger charge is -2.22. The van der Waals surface area contributed by atoms with E-state index in [1.165, 1.54) is 0 Å². The van der Waals surface area contributed by atoms with Crippen LogP contribution in [0.3, 0.4) is 0 Å². The van der Waals surface area contributed by atoms with Crippen LogP contribution in [0.15, 0.2) is 30.3 Å². The van der Waals surface area contributed by atoms with E-state index in [-0.39, 0.29) is 6.10 Å². The second kappa shape index (κ2) is 7.47. The maximum atomic E-state index is 6.28. The van der Waals surface area contributed by atoms with Gasteiger partial charge < -0.3 is 9.47 Å². The first-order chi connectivity index (χ1) is 10.5. The van der Waals surface area contributed by atoms with Gasteiger partial charge >= 0.3 is 0 Å². The van der Waals surface area contributed by atoms with Crippen molar-refractivity contribution >= 4 is 23.2 Å². The molecule has 0 aliphatic rings. The molecule has 1 atom stereocenters. The highest BCUT2D eigenvalue weighted by atomic mass is 35.5. The van der Waals surface area contributed by atoms with Gasteiger partial charge in [0.1, 0.15) is 6.10 Å². The molecule has 0 saturated carbocycles. The molecule has 0 aliphatic carbocycles. The molecule has 0 heterocycles. The summed E-state index contributed by atoms with van der Waals surface area (Å²) < 4.78 is 11.0. The summed E-state index contributed by atoms with van der Waals surface area (Å²) >= 11 is 12.3. The summed E-state index contributed by atoms with van der Waals surface area (Å²) in [4.78, 5) is 0. The van der Waals surface area contributed by atoms with Gasteiger partial charge in [0.05, 0.1) is 6.61 Å². The zero-order chi connectivity index (χ0) is 16.3. The van der Waals surface area contributed by atoms with Crippen LogP contribution in [0.25, 0.3) is 0 Å². The van der Waals surface area contributed by atoms with Crippen molar-refractivity contribution in [1.29, 1.82) is 0 Å². The van der Waals surface area contributed by atoms with Gasteiger partial charge in [0, 0.05) is 24.3 Å². The summed E-state index contributed by atoms with van der Waals surface area (Å²) in [5.41, 5.74) is 5.42. The highest BCUT2D eigenvalue weighted by Gasteiger charge is 2.20. The average molecular weight is 339 g/mol. The number of benzene rings is 2. The molecule has 2 nitrogen and oxygen atoms in total. The van der Waals surface area contributed by atoms with Crippen LogP contribution in [-0.2, 0) is 16.1 Å². The van der Waals surface area contributed by atoms with Gasteiger partial charge in [-0.3, -0.25) is 0 Å². The highest BCUT2D eigenvalue weighted by molar-refractivity contribution is 6.31. The first-order valence-corrected chi connectivity index (χ1v) is 7.80. The molecule has 0 aliphatic heterocycles. The minimum Gasteiger partial charge on any atom is -0.380 e. The molecule has 0 N–H and O–H groups in total. The molecule has 0 spiro atoms. The lowest BCUT2D eigenvalue weighted by molar-refractivity contribution is 0.135. The van der Waals surface area contributed by atoms with Gasteiger partial charge in [0.25, 0.3) is 0 Å². The molecule has 0 aromatic heterocycles. The van der Waals surface area contributed by atoms with Gasteiger partial charge in [-0.2, -0.15) is 0 Å². The van der Waals surface area contributed by atoms with Gasteiger partial charge in [-0.1, -0.05) is 29.3 Å². The molecule has 4 heteroatoms. The first kappa shape index (κ1) is 17.3. The lowest BCUT2D eigenvalue weighted by atomic mass is 9.92. The van der Waals surface area contributed by atoms with Crippen LogP contribution in [0, 0.1) is 13.8 Å². The van der Waals surface area contributed by atoms with Crippen LogP contribution in [-0.4, -0.2) is 14.2 Å². The number of rotatable bonds is 5. The Bertz CT molecular complexity index is 668. The molecular weight excluding hydrogens is 319 g/mol. The van der Waals surface area contributed by atoms with E-state index in [9.17, 15) is 0 Å². The van der Waals surface area contributed by atoms with E-state index < -0.39 is 0 Å². The molecule has 0 amide bonds. The maximum absolute atomic E-state index is 6.28. The smallest absolute Gasteiger partial charge is 0.108 e. The Morgan fingerprint density at radius 3 is 2.27 bits per heavy atom. The van der Waals surface area contributed by atoms with E-state index >= 15 is 0 Å². The van der Waals surface area contributed by atoms with E-state index in [4.69, 9.17) is 32.7 Å².